The molecule has 0 aromatic rings. The van der Waals surface area contributed by atoms with Gasteiger partial charge in [-0.2, -0.15) is 0 Å². The number of hydrogen-bond donors (Lipinski definition) is 0. The van der Waals surface area contributed by atoms with Crippen molar-refractivity contribution in [1.29, 1.82) is 0 Å². The molecule has 0 amide bonds. The van der Waals surface area contributed by atoms with Gasteiger partial charge < -0.3 is 49.5 Å². The normalized spacial score (nSPS) is 5.68. The van der Waals surface area contributed by atoms with Crippen LogP contribution < -0.4 is 25.5 Å². The van der Waals surface area contributed by atoms with Crippen LogP contribution in [-0.4, -0.2) is 29.8 Å². The van der Waals surface area contributed by atoms with Crippen molar-refractivity contribution in [3.63, 3.8) is 0 Å². The van der Waals surface area contributed by atoms with Crippen LogP contribution in [0.1, 0.15) is 34.6 Å². The summed E-state index contributed by atoms with van der Waals surface area (Å²) < 4.78 is 0. The van der Waals surface area contributed by atoms with Crippen LogP contribution in [-0.2, 0) is 64.5 Å². The molecule has 0 atom stereocenters. The van der Waals surface area contributed by atoms with E-state index in [0.717, 1.165) is 34.6 Å². The van der Waals surface area contributed by atoms with Gasteiger partial charge in [-0.25, -0.2) is 0 Å². The van der Waals surface area contributed by atoms with E-state index in [1.165, 1.54) is 0 Å². The number of aliphatic carboxylic acids is 5. The van der Waals surface area contributed by atoms with Gasteiger partial charge in [-0.3, -0.25) is 0 Å². The van der Waals surface area contributed by atoms with E-state index in [0.29, 0.717) is 0 Å². The Morgan fingerprint density at radius 3 is 0.455 bits per heavy atom. The smallest absolute Gasteiger partial charge is 0.550 e. The molecule has 0 saturated heterocycles. The Kier molecular flexibility index (Phi) is 71.4. The Labute approximate surface area is 154 Å². The SMILES string of the molecule is CC(=O)[O-].CC(=O)[O-].CC(=O)[O-].CC(=O)[O-].CC(=O)[O-].[Pt+2].[Ru+3]. The van der Waals surface area contributed by atoms with Crippen LogP contribution in [0.25, 0.3) is 0 Å². The van der Waals surface area contributed by atoms with Crippen molar-refractivity contribution >= 4 is 29.8 Å². The molecule has 0 aliphatic heterocycles. The van der Waals surface area contributed by atoms with Crippen molar-refractivity contribution in [3.8, 4) is 0 Å². The van der Waals surface area contributed by atoms with Crippen LogP contribution in [0.5, 0.6) is 0 Å². The first kappa shape index (κ1) is 42.8. The third kappa shape index (κ3) is 3250. The standard InChI is InChI=1S/5C2H4O2.Pt.Ru/c5*1-2(3)4;;/h5*1H3,(H,3,4);;/q;;;;;+2;+3/p-5. The Balaban J connectivity index is -0.0000000250. The van der Waals surface area contributed by atoms with Crippen molar-refractivity contribution in [2.24, 2.45) is 0 Å². The van der Waals surface area contributed by atoms with Gasteiger partial charge in [0.1, 0.15) is 0 Å². The summed E-state index contributed by atoms with van der Waals surface area (Å²) >= 11 is 0. The molecule has 0 aliphatic carbocycles. The van der Waals surface area contributed by atoms with E-state index in [2.05, 4.69) is 0 Å². The predicted molar refractivity (Wildman–Crippen MR) is 53.4 cm³/mol. The van der Waals surface area contributed by atoms with E-state index >= 15 is 0 Å². The van der Waals surface area contributed by atoms with Crippen molar-refractivity contribution in [3.05, 3.63) is 0 Å². The van der Waals surface area contributed by atoms with Crippen molar-refractivity contribution < 1.29 is 90.0 Å². The molecule has 12 heteroatoms. The fourth-order valence-electron chi connectivity index (χ4n) is 0. The van der Waals surface area contributed by atoms with Gasteiger partial charge in [0.15, 0.2) is 0 Å². The van der Waals surface area contributed by atoms with Crippen LogP contribution in [0.2, 0.25) is 0 Å². The molecule has 0 aliphatic rings. The maximum atomic E-state index is 8.89. The minimum absolute atomic E-state index is 0. The fraction of sp³-hybridized carbons (Fsp3) is 0.500. The van der Waals surface area contributed by atoms with Crippen LogP contribution in [0.4, 0.5) is 0 Å². The van der Waals surface area contributed by atoms with Gasteiger partial charge in [-0.1, -0.05) is 0 Å². The third-order valence-corrected chi connectivity index (χ3v) is 0. The quantitative estimate of drug-likeness (QED) is 0.244. The van der Waals surface area contributed by atoms with Gasteiger partial charge in [0.25, 0.3) is 0 Å². The largest absolute Gasteiger partial charge is 3.00 e. The molecule has 0 N–H and O–H groups in total. The van der Waals surface area contributed by atoms with Crippen molar-refractivity contribution in [2.75, 3.05) is 0 Å². The average molecular weight is 591 g/mol. The van der Waals surface area contributed by atoms with Gasteiger partial charge in [-0.05, 0) is 34.6 Å². The molecule has 133 valence electrons. The molecule has 0 unspecified atom stereocenters. The van der Waals surface area contributed by atoms with Gasteiger partial charge >= 0.3 is 40.5 Å². The summed E-state index contributed by atoms with van der Waals surface area (Å²) in [7, 11) is 0. The monoisotopic (exact) mass is 592 g/mol. The van der Waals surface area contributed by atoms with E-state index in [9.17, 15) is 0 Å². The predicted octanol–water partition coefficient (Wildman–Crippen LogP) is -6.22. The van der Waals surface area contributed by atoms with Crippen molar-refractivity contribution in [2.45, 2.75) is 34.6 Å². The maximum absolute atomic E-state index is 8.89. The first-order valence-corrected chi connectivity index (χ1v) is 4.54. The fourth-order valence-corrected chi connectivity index (χ4v) is 0. The number of carboxylic acid groups (broad SMARTS) is 5. The van der Waals surface area contributed by atoms with E-state index in [1.807, 2.05) is 0 Å². The number of carbonyl (C=O) groups excluding carboxylic acids is 5. The van der Waals surface area contributed by atoms with Crippen LogP contribution in [0.15, 0.2) is 0 Å². The van der Waals surface area contributed by atoms with E-state index in [4.69, 9.17) is 49.5 Å². The first-order chi connectivity index (χ1) is 8.66. The van der Waals surface area contributed by atoms with Gasteiger partial charge in [0.05, 0.1) is 0 Å². The zero-order valence-electron chi connectivity index (χ0n) is 12.3. The molecule has 0 spiro atoms. The van der Waals surface area contributed by atoms with Crippen LogP contribution in [0.3, 0.4) is 0 Å². The van der Waals surface area contributed by atoms with Crippen LogP contribution >= 0.6 is 0 Å². The molecule has 0 bridgehead atoms. The molecule has 1 radical (unpaired) electrons. The first-order valence-electron chi connectivity index (χ1n) is 4.54. The number of carboxylic acids is 5. The number of rotatable bonds is 0. The molecule has 0 saturated carbocycles. The average Bonchev–Trinajstić information content (AvgIpc) is 1.94. The van der Waals surface area contributed by atoms with E-state index in [1.54, 1.807) is 0 Å². The third-order valence-electron chi connectivity index (χ3n) is 0. The summed E-state index contributed by atoms with van der Waals surface area (Å²) in [5, 5.41) is 44.4. The molecule has 0 aromatic carbocycles. The second kappa shape index (κ2) is 36.7. The Bertz CT molecular complexity index is 216. The minimum Gasteiger partial charge on any atom is -0.550 e. The summed E-state index contributed by atoms with van der Waals surface area (Å²) in [5.74, 6) is -5.42. The molecule has 0 fully saturated rings. The molecular weight excluding hydrogens is 576 g/mol. The minimum atomic E-state index is -1.08. The molecule has 0 rings (SSSR count). The van der Waals surface area contributed by atoms with E-state index < -0.39 is 29.8 Å². The Hall–Kier alpha value is -1.34. The van der Waals surface area contributed by atoms with Crippen molar-refractivity contribution in [1.82, 2.24) is 0 Å². The Morgan fingerprint density at radius 2 is 0.455 bits per heavy atom. The molecule has 22 heavy (non-hydrogen) atoms. The zero-order chi connectivity index (χ0) is 17.9. The molecular formula is C10H15O10PtRu. The summed E-state index contributed by atoms with van der Waals surface area (Å²) in [6.07, 6.45) is 0. The van der Waals surface area contributed by atoms with Gasteiger partial charge in [0, 0.05) is 29.8 Å². The second-order valence-electron chi connectivity index (χ2n) is 2.46. The van der Waals surface area contributed by atoms with Crippen LogP contribution in [0, 0.1) is 0 Å². The maximum Gasteiger partial charge on any atom is 3.00 e. The van der Waals surface area contributed by atoms with Gasteiger partial charge in [-0.15, -0.1) is 0 Å². The summed E-state index contributed by atoms with van der Waals surface area (Å²) in [4.78, 5) is 44.4. The molecule has 0 aromatic heterocycles. The Morgan fingerprint density at radius 1 is 0.455 bits per heavy atom. The number of hydrogen-bond acceptors (Lipinski definition) is 10. The molecule has 0 heterocycles. The van der Waals surface area contributed by atoms with Gasteiger partial charge in [0.2, 0.25) is 0 Å². The second-order valence-corrected chi connectivity index (χ2v) is 2.46. The molecule has 10 nitrogen and oxygen atoms in total. The summed E-state index contributed by atoms with van der Waals surface area (Å²) in [5.41, 5.74) is 0. The van der Waals surface area contributed by atoms with E-state index in [-0.39, 0.29) is 40.5 Å². The summed E-state index contributed by atoms with van der Waals surface area (Å²) in [6.45, 7) is 4.86. The number of carbonyl (C=O) groups is 5. The summed E-state index contributed by atoms with van der Waals surface area (Å²) in [6, 6.07) is 0. The topological polar surface area (TPSA) is 201 Å². The zero-order valence-corrected chi connectivity index (χ0v) is 16.3.